The fraction of sp³-hybridized carbons (Fsp3) is 0.450. The number of carbonyl (C=O) groups is 1. The summed E-state index contributed by atoms with van der Waals surface area (Å²) in [5.41, 5.74) is 3.91. The molecule has 0 bridgehead atoms. The molecular formula is C20H27N3O3S. The summed E-state index contributed by atoms with van der Waals surface area (Å²) < 4.78 is 27.3. The van der Waals surface area contributed by atoms with Crippen molar-refractivity contribution in [1.29, 1.82) is 0 Å². The third kappa shape index (κ3) is 4.71. The van der Waals surface area contributed by atoms with Gasteiger partial charge in [-0.2, -0.15) is 0 Å². The van der Waals surface area contributed by atoms with Gasteiger partial charge >= 0.3 is 0 Å². The van der Waals surface area contributed by atoms with Gasteiger partial charge in [0, 0.05) is 28.8 Å². The van der Waals surface area contributed by atoms with Crippen LogP contribution in [-0.4, -0.2) is 25.1 Å². The summed E-state index contributed by atoms with van der Waals surface area (Å²) in [5.74, 6) is -0.144. The van der Waals surface area contributed by atoms with Crippen molar-refractivity contribution in [2.75, 3.05) is 16.3 Å². The monoisotopic (exact) mass is 389 g/mol. The zero-order valence-electron chi connectivity index (χ0n) is 16.1. The highest BCUT2D eigenvalue weighted by Gasteiger charge is 2.22. The molecule has 6 nitrogen and oxygen atoms in total. The second-order valence-electron chi connectivity index (χ2n) is 7.35. The normalized spacial score (nSPS) is 15.5. The molecule has 0 spiro atoms. The molecule has 0 atom stereocenters. The Balaban J connectivity index is 1.74. The zero-order chi connectivity index (χ0) is 19.6. The number of aromatic nitrogens is 1. The molecule has 1 heterocycles. The summed E-state index contributed by atoms with van der Waals surface area (Å²) in [6, 6.07) is 9.07. The first-order chi connectivity index (χ1) is 12.7. The summed E-state index contributed by atoms with van der Waals surface area (Å²) >= 11 is 0. The number of sulfonamides is 1. The summed E-state index contributed by atoms with van der Waals surface area (Å²) in [4.78, 5) is 12.8. The van der Waals surface area contributed by atoms with Crippen molar-refractivity contribution < 1.29 is 13.2 Å². The van der Waals surface area contributed by atoms with E-state index in [4.69, 9.17) is 0 Å². The van der Waals surface area contributed by atoms with Gasteiger partial charge in [0.05, 0.1) is 11.8 Å². The minimum absolute atomic E-state index is 0.144. The van der Waals surface area contributed by atoms with E-state index in [1.165, 1.54) is 32.1 Å². The van der Waals surface area contributed by atoms with E-state index in [9.17, 15) is 13.2 Å². The van der Waals surface area contributed by atoms with Gasteiger partial charge < -0.3 is 9.88 Å². The third-order valence-corrected chi connectivity index (χ3v) is 5.72. The van der Waals surface area contributed by atoms with Crippen LogP contribution in [0.25, 0.3) is 0 Å². The minimum Gasteiger partial charge on any atom is -0.345 e. The maximum Gasteiger partial charge on any atom is 0.257 e. The number of carbonyl (C=O) groups excluding carboxylic acids is 1. The predicted molar refractivity (Wildman–Crippen MR) is 109 cm³/mol. The average molecular weight is 390 g/mol. The van der Waals surface area contributed by atoms with Crippen LogP contribution < -0.4 is 10.0 Å². The lowest BCUT2D eigenvalue weighted by atomic mass is 9.95. The summed E-state index contributed by atoms with van der Waals surface area (Å²) in [6.07, 6.45) is 7.24. The van der Waals surface area contributed by atoms with Gasteiger partial charge in [-0.25, -0.2) is 8.42 Å². The Kier molecular flexibility index (Phi) is 5.60. The Morgan fingerprint density at radius 1 is 1.04 bits per heavy atom. The molecule has 1 aliphatic carbocycles. The van der Waals surface area contributed by atoms with E-state index in [0.717, 1.165) is 17.6 Å². The second-order valence-corrected chi connectivity index (χ2v) is 9.10. The largest absolute Gasteiger partial charge is 0.345 e. The maximum absolute atomic E-state index is 12.8. The van der Waals surface area contributed by atoms with E-state index in [1.807, 2.05) is 13.0 Å². The average Bonchev–Trinajstić information content (AvgIpc) is 2.91. The minimum atomic E-state index is -3.31. The molecule has 2 aromatic rings. The van der Waals surface area contributed by atoms with Crippen molar-refractivity contribution in [2.45, 2.75) is 52.0 Å². The van der Waals surface area contributed by atoms with E-state index >= 15 is 0 Å². The zero-order valence-corrected chi connectivity index (χ0v) is 16.9. The first-order valence-corrected chi connectivity index (χ1v) is 11.2. The lowest BCUT2D eigenvalue weighted by molar-refractivity contribution is 0.102. The Hall–Kier alpha value is -2.28. The van der Waals surface area contributed by atoms with Gasteiger partial charge in [0.1, 0.15) is 0 Å². The smallest absolute Gasteiger partial charge is 0.257 e. The fourth-order valence-corrected chi connectivity index (χ4v) is 4.51. The van der Waals surface area contributed by atoms with Crippen LogP contribution in [0.4, 0.5) is 11.4 Å². The van der Waals surface area contributed by atoms with Crippen LogP contribution in [-0.2, 0) is 10.0 Å². The second kappa shape index (κ2) is 7.76. The van der Waals surface area contributed by atoms with Crippen LogP contribution in [0.1, 0.15) is 59.9 Å². The number of nitrogens with one attached hydrogen (secondary N) is 2. The summed E-state index contributed by atoms with van der Waals surface area (Å²) in [5, 5.41) is 2.90. The molecule has 146 valence electrons. The molecule has 1 aromatic heterocycles. The Morgan fingerprint density at radius 3 is 2.22 bits per heavy atom. The predicted octanol–water partition coefficient (Wildman–Crippen LogP) is 4.23. The first-order valence-electron chi connectivity index (χ1n) is 9.32. The van der Waals surface area contributed by atoms with Crippen molar-refractivity contribution >= 4 is 27.3 Å². The molecule has 0 saturated heterocycles. The lowest BCUT2D eigenvalue weighted by Crippen LogP contribution is -2.17. The van der Waals surface area contributed by atoms with Gasteiger partial charge in [-0.3, -0.25) is 9.52 Å². The lowest BCUT2D eigenvalue weighted by Gasteiger charge is -2.26. The molecule has 2 N–H and O–H groups in total. The molecule has 1 aromatic carbocycles. The quantitative estimate of drug-likeness (QED) is 0.803. The Bertz CT molecular complexity index is 924. The van der Waals surface area contributed by atoms with E-state index < -0.39 is 10.0 Å². The number of anilines is 2. The molecule has 7 heteroatoms. The summed E-state index contributed by atoms with van der Waals surface area (Å²) in [6.45, 7) is 4.07. The van der Waals surface area contributed by atoms with Crippen LogP contribution >= 0.6 is 0 Å². The SMILES string of the molecule is Cc1cc(C(=O)Nc2ccc(NS(C)(=O)=O)cc2)c(C)n1C1CCCCC1. The molecule has 0 radical (unpaired) electrons. The molecule has 0 unspecified atom stereocenters. The van der Waals surface area contributed by atoms with Crippen molar-refractivity contribution in [3.63, 3.8) is 0 Å². The third-order valence-electron chi connectivity index (χ3n) is 5.11. The Morgan fingerprint density at radius 2 is 1.63 bits per heavy atom. The van der Waals surface area contributed by atoms with Crippen LogP contribution in [0.5, 0.6) is 0 Å². The van der Waals surface area contributed by atoms with E-state index in [-0.39, 0.29) is 5.91 Å². The van der Waals surface area contributed by atoms with Gasteiger partial charge in [-0.15, -0.1) is 0 Å². The van der Waals surface area contributed by atoms with Crippen molar-refractivity contribution in [3.8, 4) is 0 Å². The number of aryl methyl sites for hydroxylation is 1. The van der Waals surface area contributed by atoms with Crippen LogP contribution in [0.2, 0.25) is 0 Å². The van der Waals surface area contributed by atoms with Gasteiger partial charge in [-0.1, -0.05) is 19.3 Å². The number of nitrogens with zero attached hydrogens (tertiary/aromatic N) is 1. The van der Waals surface area contributed by atoms with Gasteiger partial charge in [-0.05, 0) is 57.0 Å². The first kappa shape index (κ1) is 19.5. The van der Waals surface area contributed by atoms with Gasteiger partial charge in [0.25, 0.3) is 5.91 Å². The molecular weight excluding hydrogens is 362 g/mol. The highest BCUT2D eigenvalue weighted by Crippen LogP contribution is 2.32. The molecule has 1 saturated carbocycles. The number of benzene rings is 1. The van der Waals surface area contributed by atoms with Crippen molar-refractivity contribution in [1.82, 2.24) is 4.57 Å². The van der Waals surface area contributed by atoms with E-state index in [2.05, 4.69) is 21.5 Å². The van der Waals surface area contributed by atoms with Crippen LogP contribution in [0, 0.1) is 13.8 Å². The Labute approximate surface area is 161 Å². The standard InChI is InChI=1S/C20H27N3O3S/c1-14-13-19(15(2)23(14)18-7-5-4-6-8-18)20(24)21-16-9-11-17(12-10-16)22-27(3,25)26/h9-13,18,22H,4-8H2,1-3H3,(H,21,24). The van der Waals surface area contributed by atoms with Crippen LogP contribution in [0.3, 0.4) is 0 Å². The molecule has 0 aliphatic heterocycles. The van der Waals surface area contributed by atoms with Crippen molar-refractivity contribution in [3.05, 3.63) is 47.3 Å². The molecule has 27 heavy (non-hydrogen) atoms. The number of hydrogen-bond acceptors (Lipinski definition) is 3. The maximum atomic E-state index is 12.8. The summed E-state index contributed by atoms with van der Waals surface area (Å²) in [7, 11) is -3.31. The molecule has 3 rings (SSSR count). The van der Waals surface area contributed by atoms with E-state index in [0.29, 0.717) is 23.0 Å². The van der Waals surface area contributed by atoms with Gasteiger partial charge in [0.15, 0.2) is 0 Å². The molecule has 1 fully saturated rings. The number of rotatable bonds is 5. The molecule has 1 amide bonds. The number of amides is 1. The van der Waals surface area contributed by atoms with E-state index in [1.54, 1.807) is 24.3 Å². The topological polar surface area (TPSA) is 80.2 Å². The van der Waals surface area contributed by atoms with Crippen LogP contribution in [0.15, 0.2) is 30.3 Å². The van der Waals surface area contributed by atoms with Crippen molar-refractivity contribution in [2.24, 2.45) is 0 Å². The number of hydrogen-bond donors (Lipinski definition) is 2. The van der Waals surface area contributed by atoms with Gasteiger partial charge in [0.2, 0.25) is 10.0 Å². The highest BCUT2D eigenvalue weighted by molar-refractivity contribution is 7.92. The highest BCUT2D eigenvalue weighted by atomic mass is 32.2. The fourth-order valence-electron chi connectivity index (χ4n) is 3.94. The molecule has 1 aliphatic rings.